The maximum absolute atomic E-state index is 10.8. The predicted octanol–water partition coefficient (Wildman–Crippen LogP) is 9.59. The molecule has 3 atom stereocenters. The number of nitrogens with zero attached hydrogens (tertiary/aromatic N) is 1. The highest BCUT2D eigenvalue weighted by atomic mass is 16.5. The Morgan fingerprint density at radius 2 is 0.776 bits per heavy atom. The van der Waals surface area contributed by atoms with Crippen molar-refractivity contribution in [3.8, 4) is 0 Å². The zero-order chi connectivity index (χ0) is 35.9. The molecule has 7 nitrogen and oxygen atoms in total. The van der Waals surface area contributed by atoms with Crippen LogP contribution in [0.25, 0.3) is 0 Å². The van der Waals surface area contributed by atoms with Crippen molar-refractivity contribution >= 4 is 0 Å². The first-order chi connectivity index (χ1) is 24.0. The van der Waals surface area contributed by atoms with Gasteiger partial charge in [0.25, 0.3) is 0 Å². The highest BCUT2D eigenvalue weighted by molar-refractivity contribution is 4.70. The molecule has 0 saturated heterocycles. The molecule has 3 unspecified atom stereocenters. The molecule has 0 amide bonds. The molecule has 4 N–H and O–H groups in total. The number of aliphatic hydroxyl groups excluding tert-OH is 3. The summed E-state index contributed by atoms with van der Waals surface area (Å²) < 4.78 is 11.6. The Hall–Kier alpha value is -0.280. The topological polar surface area (TPSA) is 94.4 Å². The zero-order valence-electron chi connectivity index (χ0n) is 33.3. The number of nitrogens with one attached hydrogen (secondary N) is 1. The molecule has 0 aromatic heterocycles. The lowest BCUT2D eigenvalue weighted by Gasteiger charge is -2.27. The summed E-state index contributed by atoms with van der Waals surface area (Å²) in [4.78, 5) is 2.20. The Kier molecular flexibility index (Phi) is 40.3. The summed E-state index contributed by atoms with van der Waals surface area (Å²) in [6.07, 6.45) is 32.3. The zero-order valence-corrected chi connectivity index (χ0v) is 33.3. The Morgan fingerprint density at radius 1 is 0.429 bits per heavy atom. The molecule has 0 aromatic rings. The molecule has 0 heterocycles. The van der Waals surface area contributed by atoms with E-state index < -0.39 is 0 Å². The van der Waals surface area contributed by atoms with E-state index in [0.717, 1.165) is 45.1 Å². The Bertz CT molecular complexity index is 586. The normalized spacial score (nSPS) is 13.8. The molecule has 0 aromatic carbocycles. The molecule has 49 heavy (non-hydrogen) atoms. The third kappa shape index (κ3) is 38.8. The summed E-state index contributed by atoms with van der Waals surface area (Å²) in [5, 5.41) is 35.1. The molecule has 0 aliphatic heterocycles. The van der Waals surface area contributed by atoms with Crippen LogP contribution in [0, 0.1) is 0 Å². The van der Waals surface area contributed by atoms with Gasteiger partial charge in [0.05, 0.1) is 44.7 Å². The fourth-order valence-corrected chi connectivity index (χ4v) is 6.61. The van der Waals surface area contributed by atoms with Gasteiger partial charge in [-0.05, 0) is 19.3 Å². The largest absolute Gasteiger partial charge is 0.392 e. The molecular weight excluding hydrogens is 612 g/mol. The van der Waals surface area contributed by atoms with E-state index >= 15 is 0 Å². The van der Waals surface area contributed by atoms with Gasteiger partial charge in [-0.15, -0.1) is 0 Å². The van der Waals surface area contributed by atoms with E-state index in [4.69, 9.17) is 9.47 Å². The van der Waals surface area contributed by atoms with Crippen LogP contribution in [0.15, 0.2) is 0 Å². The summed E-state index contributed by atoms with van der Waals surface area (Å²) in [6.45, 7) is 12.3. The van der Waals surface area contributed by atoms with Crippen molar-refractivity contribution in [2.24, 2.45) is 0 Å². The van der Waals surface area contributed by atoms with Gasteiger partial charge in [-0.2, -0.15) is 0 Å². The van der Waals surface area contributed by atoms with Crippen LogP contribution in [-0.4, -0.2) is 97.7 Å². The third-order valence-electron chi connectivity index (χ3n) is 9.84. The van der Waals surface area contributed by atoms with Crippen LogP contribution in [0.2, 0.25) is 0 Å². The number of unbranched alkanes of at least 4 members (excludes halogenated alkanes) is 21. The molecular formula is C42H88N2O5. The molecule has 0 spiro atoms. The average molecular weight is 701 g/mol. The summed E-state index contributed by atoms with van der Waals surface area (Å²) in [5.41, 5.74) is 0. The van der Waals surface area contributed by atoms with Gasteiger partial charge < -0.3 is 30.1 Å². The van der Waals surface area contributed by atoms with Gasteiger partial charge >= 0.3 is 0 Å². The van der Waals surface area contributed by atoms with Gasteiger partial charge in [-0.1, -0.05) is 175 Å². The minimum Gasteiger partial charge on any atom is -0.392 e. The lowest BCUT2D eigenvalue weighted by molar-refractivity contribution is 0.0186. The summed E-state index contributed by atoms with van der Waals surface area (Å²) in [7, 11) is 0. The van der Waals surface area contributed by atoms with Crippen molar-refractivity contribution < 1.29 is 24.8 Å². The monoisotopic (exact) mass is 701 g/mol. The lowest BCUT2D eigenvalue weighted by atomic mass is 10.0. The lowest BCUT2D eigenvalue weighted by Crippen LogP contribution is -2.40. The second-order valence-electron chi connectivity index (χ2n) is 14.9. The first-order valence-electron chi connectivity index (χ1n) is 21.7. The summed E-state index contributed by atoms with van der Waals surface area (Å²) >= 11 is 0. The highest BCUT2D eigenvalue weighted by Crippen LogP contribution is 2.14. The van der Waals surface area contributed by atoms with E-state index in [2.05, 4.69) is 31.0 Å². The molecule has 0 rings (SSSR count). The van der Waals surface area contributed by atoms with Gasteiger partial charge in [-0.3, -0.25) is 4.90 Å². The maximum atomic E-state index is 10.8. The van der Waals surface area contributed by atoms with Gasteiger partial charge in [0.2, 0.25) is 0 Å². The van der Waals surface area contributed by atoms with Crippen molar-refractivity contribution in [3.63, 3.8) is 0 Å². The molecule has 0 aliphatic rings. The standard InChI is InChI=1S/C42H88N2O5/c1-4-7-10-13-16-19-22-25-28-40(45)37-43-31-33-48-35-36-49-34-32-44(38-41(46)29-26-23-20-17-14-11-8-5-2)39-42(47)30-27-24-21-18-15-12-9-6-3/h40-43,45-47H,4-39H2,1-3H3. The number of hydrogen-bond donors (Lipinski definition) is 4. The Morgan fingerprint density at radius 3 is 1.18 bits per heavy atom. The fourth-order valence-electron chi connectivity index (χ4n) is 6.61. The first kappa shape index (κ1) is 48.7. The highest BCUT2D eigenvalue weighted by Gasteiger charge is 2.16. The fraction of sp³-hybridized carbons (Fsp3) is 1.00. The molecule has 0 saturated carbocycles. The van der Waals surface area contributed by atoms with Crippen LogP contribution in [0.5, 0.6) is 0 Å². The molecule has 0 radical (unpaired) electrons. The number of rotatable bonds is 42. The Labute approximate surface area is 306 Å². The predicted molar refractivity (Wildman–Crippen MR) is 211 cm³/mol. The molecule has 0 bridgehead atoms. The van der Waals surface area contributed by atoms with E-state index in [1.165, 1.54) is 135 Å². The van der Waals surface area contributed by atoms with Crippen molar-refractivity contribution in [1.82, 2.24) is 10.2 Å². The molecule has 0 fully saturated rings. The van der Waals surface area contributed by atoms with E-state index in [1.807, 2.05) is 0 Å². The minimum atomic E-state index is -0.356. The van der Waals surface area contributed by atoms with E-state index in [-0.39, 0.29) is 18.3 Å². The summed E-state index contributed by atoms with van der Waals surface area (Å²) in [5.74, 6) is 0. The van der Waals surface area contributed by atoms with E-state index in [0.29, 0.717) is 52.6 Å². The Balaban J connectivity index is 4.11. The quantitative estimate of drug-likeness (QED) is 0.0471. The van der Waals surface area contributed by atoms with Crippen LogP contribution in [0.3, 0.4) is 0 Å². The maximum Gasteiger partial charge on any atom is 0.0701 e. The molecule has 0 aliphatic carbocycles. The second-order valence-corrected chi connectivity index (χ2v) is 14.9. The SMILES string of the molecule is CCCCCCCCCCC(O)CNCCOCCOCCN(CC(O)CCCCCCCCCC)CC(O)CCCCCCCCCC. The van der Waals surface area contributed by atoms with Gasteiger partial charge in [0.1, 0.15) is 0 Å². The van der Waals surface area contributed by atoms with Gasteiger partial charge in [-0.25, -0.2) is 0 Å². The van der Waals surface area contributed by atoms with Gasteiger partial charge in [0, 0.05) is 32.7 Å². The first-order valence-corrected chi connectivity index (χ1v) is 21.7. The van der Waals surface area contributed by atoms with Crippen LogP contribution >= 0.6 is 0 Å². The average Bonchev–Trinajstić information content (AvgIpc) is 3.09. The summed E-state index contributed by atoms with van der Waals surface area (Å²) in [6, 6.07) is 0. The van der Waals surface area contributed by atoms with Crippen molar-refractivity contribution in [2.45, 2.75) is 212 Å². The van der Waals surface area contributed by atoms with E-state index in [9.17, 15) is 15.3 Å². The van der Waals surface area contributed by atoms with Gasteiger partial charge in [0.15, 0.2) is 0 Å². The number of aliphatic hydroxyl groups is 3. The number of ether oxygens (including phenoxy) is 2. The van der Waals surface area contributed by atoms with E-state index in [1.54, 1.807) is 0 Å². The van der Waals surface area contributed by atoms with Crippen LogP contribution in [0.4, 0.5) is 0 Å². The third-order valence-corrected chi connectivity index (χ3v) is 9.84. The smallest absolute Gasteiger partial charge is 0.0701 e. The number of hydrogen-bond acceptors (Lipinski definition) is 7. The molecule has 7 heteroatoms. The van der Waals surface area contributed by atoms with Crippen molar-refractivity contribution in [1.29, 1.82) is 0 Å². The van der Waals surface area contributed by atoms with Crippen LogP contribution < -0.4 is 5.32 Å². The van der Waals surface area contributed by atoms with Crippen molar-refractivity contribution in [3.05, 3.63) is 0 Å². The second kappa shape index (κ2) is 40.5. The van der Waals surface area contributed by atoms with Crippen LogP contribution in [0.1, 0.15) is 194 Å². The van der Waals surface area contributed by atoms with Crippen LogP contribution in [-0.2, 0) is 9.47 Å². The van der Waals surface area contributed by atoms with Crippen molar-refractivity contribution in [2.75, 3.05) is 59.2 Å². The molecule has 296 valence electrons. The minimum absolute atomic E-state index is 0.274.